The maximum absolute atomic E-state index is 12.4. The molecule has 0 bridgehead atoms. The first kappa shape index (κ1) is 15.8. The maximum Gasteiger partial charge on any atom is 0.227 e. The van der Waals surface area contributed by atoms with Crippen molar-refractivity contribution in [2.24, 2.45) is 11.1 Å². The van der Waals surface area contributed by atoms with E-state index in [1.807, 2.05) is 24.3 Å². The molecule has 1 amide bonds. The maximum atomic E-state index is 12.4. The van der Waals surface area contributed by atoms with Crippen molar-refractivity contribution in [1.82, 2.24) is 5.32 Å². The minimum Gasteiger partial charge on any atom is -0.497 e. The molecule has 0 atom stereocenters. The van der Waals surface area contributed by atoms with Crippen LogP contribution in [0.3, 0.4) is 0 Å². The molecule has 1 aromatic rings. The monoisotopic (exact) mass is 292 g/mol. The van der Waals surface area contributed by atoms with Gasteiger partial charge in [-0.2, -0.15) is 0 Å². The van der Waals surface area contributed by atoms with Gasteiger partial charge in [0.15, 0.2) is 0 Å². The predicted molar refractivity (Wildman–Crippen MR) is 81.2 cm³/mol. The molecule has 1 aromatic carbocycles. The quantitative estimate of drug-likeness (QED) is 0.824. The molecule has 0 unspecified atom stereocenters. The summed E-state index contributed by atoms with van der Waals surface area (Å²) in [6.45, 7) is 2.21. The first-order valence-electron chi connectivity index (χ1n) is 7.39. The zero-order chi connectivity index (χ0) is 15.1. The van der Waals surface area contributed by atoms with Gasteiger partial charge in [0, 0.05) is 26.3 Å². The second-order valence-corrected chi connectivity index (χ2v) is 5.45. The summed E-state index contributed by atoms with van der Waals surface area (Å²) in [5, 5.41) is 3.01. The smallest absolute Gasteiger partial charge is 0.227 e. The van der Waals surface area contributed by atoms with E-state index in [9.17, 15) is 4.79 Å². The average molecular weight is 292 g/mol. The van der Waals surface area contributed by atoms with Gasteiger partial charge in [-0.3, -0.25) is 4.79 Å². The third-order valence-corrected chi connectivity index (χ3v) is 4.16. The summed E-state index contributed by atoms with van der Waals surface area (Å²) < 4.78 is 10.5. The number of carbonyl (C=O) groups excluding carboxylic acids is 1. The fourth-order valence-corrected chi connectivity index (χ4v) is 2.62. The molecule has 21 heavy (non-hydrogen) atoms. The molecule has 0 spiro atoms. The standard InChI is InChI=1S/C16H24N2O3/c1-20-14-4-2-3-13(11-14)5-8-18-15(19)16(12-17)6-9-21-10-7-16/h2-4,11H,5-10,12,17H2,1H3,(H,18,19). The highest BCUT2D eigenvalue weighted by Gasteiger charge is 2.38. The molecule has 5 nitrogen and oxygen atoms in total. The number of nitrogens with two attached hydrogens (primary N) is 1. The van der Waals surface area contributed by atoms with Crippen molar-refractivity contribution < 1.29 is 14.3 Å². The third-order valence-electron chi connectivity index (χ3n) is 4.16. The van der Waals surface area contributed by atoms with Gasteiger partial charge in [-0.1, -0.05) is 12.1 Å². The van der Waals surface area contributed by atoms with Gasteiger partial charge >= 0.3 is 0 Å². The third kappa shape index (κ3) is 3.95. The topological polar surface area (TPSA) is 73.6 Å². The van der Waals surface area contributed by atoms with Gasteiger partial charge in [0.1, 0.15) is 5.75 Å². The van der Waals surface area contributed by atoms with Gasteiger partial charge in [0.25, 0.3) is 0 Å². The number of carbonyl (C=O) groups is 1. The first-order valence-corrected chi connectivity index (χ1v) is 7.39. The van der Waals surface area contributed by atoms with Crippen LogP contribution < -0.4 is 15.8 Å². The van der Waals surface area contributed by atoms with Crippen LogP contribution in [0.1, 0.15) is 18.4 Å². The Bertz CT molecular complexity index is 470. The molecule has 0 aromatic heterocycles. The van der Waals surface area contributed by atoms with E-state index in [1.54, 1.807) is 7.11 Å². The van der Waals surface area contributed by atoms with E-state index >= 15 is 0 Å². The largest absolute Gasteiger partial charge is 0.497 e. The van der Waals surface area contributed by atoms with E-state index < -0.39 is 5.41 Å². The number of ether oxygens (including phenoxy) is 2. The van der Waals surface area contributed by atoms with Crippen molar-refractivity contribution in [2.45, 2.75) is 19.3 Å². The van der Waals surface area contributed by atoms with Crippen LogP contribution >= 0.6 is 0 Å². The molecule has 1 aliphatic heterocycles. The highest BCUT2D eigenvalue weighted by molar-refractivity contribution is 5.83. The molecule has 1 heterocycles. The molecular formula is C16H24N2O3. The SMILES string of the molecule is COc1cccc(CCNC(=O)C2(CN)CCOCC2)c1. The van der Waals surface area contributed by atoms with Crippen LogP contribution in [0.5, 0.6) is 5.75 Å². The van der Waals surface area contributed by atoms with E-state index in [1.165, 1.54) is 0 Å². The van der Waals surface area contributed by atoms with Crippen LogP contribution in [0.15, 0.2) is 24.3 Å². The summed E-state index contributed by atoms with van der Waals surface area (Å²) >= 11 is 0. The average Bonchev–Trinajstić information content (AvgIpc) is 2.55. The summed E-state index contributed by atoms with van der Waals surface area (Å²) in [7, 11) is 1.65. The molecule has 0 saturated carbocycles. The zero-order valence-electron chi connectivity index (χ0n) is 12.6. The summed E-state index contributed by atoms with van der Waals surface area (Å²) in [6, 6.07) is 7.88. The summed E-state index contributed by atoms with van der Waals surface area (Å²) in [6.07, 6.45) is 2.18. The van der Waals surface area contributed by atoms with Crippen LogP contribution in [-0.4, -0.2) is 39.3 Å². The summed E-state index contributed by atoms with van der Waals surface area (Å²) in [4.78, 5) is 12.4. The van der Waals surface area contributed by atoms with Gasteiger partial charge in [-0.05, 0) is 37.0 Å². The van der Waals surface area contributed by atoms with Crippen molar-refractivity contribution in [2.75, 3.05) is 33.4 Å². The van der Waals surface area contributed by atoms with Crippen molar-refractivity contribution in [3.8, 4) is 5.75 Å². The van der Waals surface area contributed by atoms with E-state index in [0.717, 1.165) is 17.7 Å². The highest BCUT2D eigenvalue weighted by atomic mass is 16.5. The van der Waals surface area contributed by atoms with Gasteiger partial charge in [0.2, 0.25) is 5.91 Å². The van der Waals surface area contributed by atoms with Gasteiger partial charge in [-0.15, -0.1) is 0 Å². The Hall–Kier alpha value is -1.59. The minimum atomic E-state index is -0.452. The lowest BCUT2D eigenvalue weighted by molar-refractivity contribution is -0.135. The molecular weight excluding hydrogens is 268 g/mol. The zero-order valence-corrected chi connectivity index (χ0v) is 12.6. The number of rotatable bonds is 6. The first-order chi connectivity index (χ1) is 10.2. The van der Waals surface area contributed by atoms with Gasteiger partial charge in [-0.25, -0.2) is 0 Å². The molecule has 3 N–H and O–H groups in total. The molecule has 5 heteroatoms. The number of benzene rings is 1. The van der Waals surface area contributed by atoms with Crippen molar-refractivity contribution in [3.05, 3.63) is 29.8 Å². The number of methoxy groups -OCH3 is 1. The van der Waals surface area contributed by atoms with Crippen LogP contribution in [-0.2, 0) is 16.0 Å². The summed E-state index contributed by atoms with van der Waals surface area (Å²) in [5.74, 6) is 0.887. The number of hydrogen-bond donors (Lipinski definition) is 2. The Labute approximate surface area is 125 Å². The van der Waals surface area contributed by atoms with E-state index in [0.29, 0.717) is 39.1 Å². The molecule has 116 valence electrons. The van der Waals surface area contributed by atoms with E-state index in [-0.39, 0.29) is 5.91 Å². The second-order valence-electron chi connectivity index (χ2n) is 5.45. The second kappa shape index (κ2) is 7.43. The molecule has 2 rings (SSSR count). The number of hydrogen-bond acceptors (Lipinski definition) is 4. The normalized spacial score (nSPS) is 17.2. The Kier molecular flexibility index (Phi) is 5.59. The van der Waals surface area contributed by atoms with Crippen molar-refractivity contribution >= 4 is 5.91 Å². The lowest BCUT2D eigenvalue weighted by atomic mass is 9.79. The lowest BCUT2D eigenvalue weighted by Crippen LogP contribution is -2.49. The van der Waals surface area contributed by atoms with E-state index in [2.05, 4.69) is 5.32 Å². The number of amides is 1. The molecule has 0 radical (unpaired) electrons. The van der Waals surface area contributed by atoms with Gasteiger partial charge in [0.05, 0.1) is 12.5 Å². The number of nitrogens with one attached hydrogen (secondary N) is 1. The van der Waals surface area contributed by atoms with Crippen molar-refractivity contribution in [1.29, 1.82) is 0 Å². The lowest BCUT2D eigenvalue weighted by Gasteiger charge is -2.34. The van der Waals surface area contributed by atoms with Crippen molar-refractivity contribution in [3.63, 3.8) is 0 Å². The Balaban J connectivity index is 1.85. The molecule has 0 aliphatic carbocycles. The van der Waals surface area contributed by atoms with Crippen LogP contribution in [0.4, 0.5) is 0 Å². The molecule has 1 aliphatic rings. The molecule has 1 fully saturated rings. The predicted octanol–water partition coefficient (Wildman–Crippen LogP) is 1.11. The minimum absolute atomic E-state index is 0.0520. The van der Waals surface area contributed by atoms with Gasteiger partial charge < -0.3 is 20.5 Å². The highest BCUT2D eigenvalue weighted by Crippen LogP contribution is 2.29. The fourth-order valence-electron chi connectivity index (χ4n) is 2.62. The van der Waals surface area contributed by atoms with Crippen LogP contribution in [0.25, 0.3) is 0 Å². The molecule has 1 saturated heterocycles. The van der Waals surface area contributed by atoms with Crippen LogP contribution in [0, 0.1) is 5.41 Å². The Morgan fingerprint density at radius 3 is 2.86 bits per heavy atom. The van der Waals surface area contributed by atoms with E-state index in [4.69, 9.17) is 15.2 Å². The summed E-state index contributed by atoms with van der Waals surface area (Å²) in [5.41, 5.74) is 6.52. The van der Waals surface area contributed by atoms with Crippen LogP contribution in [0.2, 0.25) is 0 Å². The Morgan fingerprint density at radius 2 is 2.19 bits per heavy atom. The Morgan fingerprint density at radius 1 is 1.43 bits per heavy atom. The fraction of sp³-hybridized carbons (Fsp3) is 0.562.